The van der Waals surface area contributed by atoms with Crippen molar-refractivity contribution in [3.05, 3.63) is 41.2 Å². The van der Waals surface area contributed by atoms with Crippen LogP contribution in [0.5, 0.6) is 0 Å². The third kappa shape index (κ3) is 5.30. The molecule has 1 fully saturated rings. The van der Waals surface area contributed by atoms with Crippen LogP contribution in [0.4, 0.5) is 0 Å². The maximum absolute atomic E-state index is 4.75. The fourth-order valence-corrected chi connectivity index (χ4v) is 2.44. The Bertz CT molecular complexity index is 337. The minimum absolute atomic E-state index is 0. The van der Waals surface area contributed by atoms with E-state index in [1.165, 1.54) is 31.7 Å². The number of hydrogen-bond donors (Lipinski definition) is 0. The van der Waals surface area contributed by atoms with Gasteiger partial charge in [0, 0.05) is 26.2 Å². The molecule has 1 aromatic rings. The van der Waals surface area contributed by atoms with Gasteiger partial charge in [-0.15, -0.1) is 0 Å². The molecule has 0 N–H and O–H groups in total. The van der Waals surface area contributed by atoms with Crippen molar-refractivity contribution in [1.29, 1.82) is 0 Å². The van der Waals surface area contributed by atoms with Gasteiger partial charge in [0.2, 0.25) is 0 Å². The fourth-order valence-electron chi connectivity index (χ4n) is 2.44. The first-order chi connectivity index (χ1) is 8.79. The van der Waals surface area contributed by atoms with Gasteiger partial charge in [-0.1, -0.05) is 48.9 Å². The predicted molar refractivity (Wildman–Crippen MR) is 77.0 cm³/mol. The monoisotopic (exact) mass is 253 g/mol. The summed E-state index contributed by atoms with van der Waals surface area (Å²) < 4.78 is 0. The third-order valence-corrected chi connectivity index (χ3v) is 3.61. The van der Waals surface area contributed by atoms with E-state index < -0.39 is 0 Å². The number of likely N-dealkylation sites (N-methyl/N-ethyl adjacent to an activating group) is 2. The maximum Gasteiger partial charge on any atom is 1.00 e. The van der Waals surface area contributed by atoms with Crippen molar-refractivity contribution in [2.24, 2.45) is 0 Å². The third-order valence-electron chi connectivity index (χ3n) is 3.61. The van der Waals surface area contributed by atoms with E-state index in [1.54, 1.807) is 0 Å². The van der Waals surface area contributed by atoms with Gasteiger partial charge in [0.1, 0.15) is 0 Å². The van der Waals surface area contributed by atoms with Gasteiger partial charge in [-0.05, 0) is 13.6 Å². The molecule has 1 aromatic carbocycles. The molecule has 0 aliphatic carbocycles. The van der Waals surface area contributed by atoms with Crippen molar-refractivity contribution in [2.45, 2.75) is 13.0 Å². The quantitative estimate of drug-likeness (QED) is 0.652. The summed E-state index contributed by atoms with van der Waals surface area (Å²) in [5, 5.41) is 4.75. The van der Waals surface area contributed by atoms with Crippen LogP contribution in [0.3, 0.4) is 0 Å². The Morgan fingerprint density at radius 3 is 2.32 bits per heavy atom. The number of nitrogens with zero attached hydrogens (tertiary/aromatic N) is 3. The summed E-state index contributed by atoms with van der Waals surface area (Å²) in [7, 11) is 2.20. The number of benzene rings is 1. The SMILES string of the molecule is CC[N-][C@@H](CN1CCN(C)CC1)c1ccccc1.[Li+]. The molecule has 1 aliphatic heterocycles. The van der Waals surface area contributed by atoms with Crippen LogP contribution in [0.25, 0.3) is 5.32 Å². The second-order valence-electron chi connectivity index (χ2n) is 5.03. The molecule has 4 heteroatoms. The van der Waals surface area contributed by atoms with Crippen LogP contribution in [0.15, 0.2) is 30.3 Å². The Kier molecular flexibility index (Phi) is 7.75. The van der Waals surface area contributed by atoms with E-state index in [0.29, 0.717) is 6.04 Å². The van der Waals surface area contributed by atoms with Crippen LogP contribution in [0, 0.1) is 0 Å². The van der Waals surface area contributed by atoms with E-state index in [4.69, 9.17) is 5.32 Å². The van der Waals surface area contributed by atoms with Gasteiger partial charge in [0.15, 0.2) is 0 Å². The molecular weight excluding hydrogens is 229 g/mol. The maximum atomic E-state index is 4.75. The minimum atomic E-state index is 0. The summed E-state index contributed by atoms with van der Waals surface area (Å²) in [6, 6.07) is 11.0. The largest absolute Gasteiger partial charge is 1.00 e. The molecule has 0 radical (unpaired) electrons. The molecular formula is C15H24LiN3. The average Bonchev–Trinajstić information content (AvgIpc) is 2.42. The van der Waals surface area contributed by atoms with E-state index in [-0.39, 0.29) is 18.9 Å². The smallest absolute Gasteiger partial charge is 0.655 e. The number of rotatable bonds is 5. The fraction of sp³-hybridized carbons (Fsp3) is 0.600. The van der Waals surface area contributed by atoms with E-state index in [1.807, 2.05) is 0 Å². The van der Waals surface area contributed by atoms with E-state index in [2.05, 4.69) is 54.1 Å². The van der Waals surface area contributed by atoms with Gasteiger partial charge >= 0.3 is 18.9 Å². The van der Waals surface area contributed by atoms with E-state index in [0.717, 1.165) is 13.1 Å². The zero-order valence-corrected chi connectivity index (χ0v) is 12.5. The first-order valence-electron chi connectivity index (χ1n) is 6.92. The first-order valence-corrected chi connectivity index (χ1v) is 6.92. The van der Waals surface area contributed by atoms with Crippen molar-refractivity contribution >= 4 is 0 Å². The van der Waals surface area contributed by atoms with Crippen molar-refractivity contribution in [2.75, 3.05) is 46.3 Å². The Hall–Kier alpha value is -0.303. The molecule has 0 saturated carbocycles. The number of piperazine rings is 1. The summed E-state index contributed by atoms with van der Waals surface area (Å²) in [6.45, 7) is 8.76. The Labute approximate surface area is 129 Å². The first kappa shape index (κ1) is 16.8. The molecule has 0 bridgehead atoms. The van der Waals surface area contributed by atoms with Crippen LogP contribution in [-0.2, 0) is 0 Å². The molecule has 0 spiro atoms. The molecule has 0 amide bonds. The summed E-state index contributed by atoms with van der Waals surface area (Å²) in [6.07, 6.45) is 0. The van der Waals surface area contributed by atoms with Crippen LogP contribution < -0.4 is 18.9 Å². The Balaban J connectivity index is 0.00000180. The second-order valence-corrected chi connectivity index (χ2v) is 5.03. The van der Waals surface area contributed by atoms with Crippen molar-refractivity contribution < 1.29 is 18.9 Å². The van der Waals surface area contributed by atoms with Crippen molar-refractivity contribution in [3.8, 4) is 0 Å². The average molecular weight is 253 g/mol. The zero-order valence-electron chi connectivity index (χ0n) is 12.5. The Morgan fingerprint density at radius 1 is 1.11 bits per heavy atom. The van der Waals surface area contributed by atoms with Crippen molar-refractivity contribution in [1.82, 2.24) is 9.80 Å². The molecule has 100 valence electrons. The van der Waals surface area contributed by atoms with Crippen LogP contribution in [0.2, 0.25) is 0 Å². The molecule has 0 unspecified atom stereocenters. The van der Waals surface area contributed by atoms with Gasteiger partial charge in [0.25, 0.3) is 0 Å². The molecule has 19 heavy (non-hydrogen) atoms. The molecule has 1 atom stereocenters. The van der Waals surface area contributed by atoms with Gasteiger partial charge in [-0.25, -0.2) is 0 Å². The van der Waals surface area contributed by atoms with Gasteiger partial charge < -0.3 is 15.1 Å². The van der Waals surface area contributed by atoms with Gasteiger partial charge in [-0.3, -0.25) is 0 Å². The molecule has 1 aliphatic rings. The summed E-state index contributed by atoms with van der Waals surface area (Å²) >= 11 is 0. The van der Waals surface area contributed by atoms with Gasteiger partial charge in [0.05, 0.1) is 0 Å². The van der Waals surface area contributed by atoms with Crippen LogP contribution in [0.1, 0.15) is 18.5 Å². The van der Waals surface area contributed by atoms with Crippen LogP contribution >= 0.6 is 0 Å². The standard InChI is InChI=1S/C15H24N3.Li/c1-3-16-15(14-7-5-4-6-8-14)13-18-11-9-17(2)10-12-18;/h4-8,15H,3,9-13H2,1-2H3;/q-1;+1/t15-;/m0./s1. The van der Waals surface area contributed by atoms with E-state index in [9.17, 15) is 0 Å². The summed E-state index contributed by atoms with van der Waals surface area (Å²) in [5.41, 5.74) is 1.35. The number of hydrogen-bond acceptors (Lipinski definition) is 2. The Morgan fingerprint density at radius 2 is 1.74 bits per heavy atom. The summed E-state index contributed by atoms with van der Waals surface area (Å²) in [4.78, 5) is 4.93. The van der Waals surface area contributed by atoms with Gasteiger partial charge in [-0.2, -0.15) is 6.54 Å². The van der Waals surface area contributed by atoms with Crippen LogP contribution in [-0.4, -0.2) is 56.1 Å². The molecule has 0 aromatic heterocycles. The topological polar surface area (TPSA) is 20.6 Å². The normalized spacial score (nSPS) is 18.8. The molecule has 1 saturated heterocycles. The zero-order chi connectivity index (χ0) is 12.8. The van der Waals surface area contributed by atoms with E-state index >= 15 is 0 Å². The predicted octanol–water partition coefficient (Wildman–Crippen LogP) is -0.627. The second kappa shape index (κ2) is 8.79. The van der Waals surface area contributed by atoms with Crippen molar-refractivity contribution in [3.63, 3.8) is 0 Å². The molecule has 1 heterocycles. The summed E-state index contributed by atoms with van der Waals surface area (Å²) in [5.74, 6) is 0. The minimum Gasteiger partial charge on any atom is -0.655 e. The molecule has 3 nitrogen and oxygen atoms in total. The molecule has 2 rings (SSSR count).